The molecule has 0 unspecified atom stereocenters. The molecule has 8 nitrogen and oxygen atoms in total. The number of ether oxygens (including phenoxy) is 1. The summed E-state index contributed by atoms with van der Waals surface area (Å²) in [5.74, 6) is 1.78. The molecule has 2 amide bonds. The topological polar surface area (TPSA) is 85.2 Å². The molecule has 0 saturated heterocycles. The molecule has 1 N–H and O–H groups in total. The maximum Gasteiger partial charge on any atom is 0.322 e. The summed E-state index contributed by atoms with van der Waals surface area (Å²) in [5.41, 5.74) is 2.22. The number of amides is 2. The number of methoxy groups -OCH3 is 1. The SMILES string of the molecule is COc1ccc(-c2nc(-c3ccncc3)nn2CCN(C(=O)Nc2ccc(Cl)c(Cl)c2)C2CCCC2)cc1Cl. The molecule has 2 aromatic carbocycles. The van der Waals surface area contributed by atoms with Crippen molar-refractivity contribution in [1.29, 1.82) is 0 Å². The van der Waals surface area contributed by atoms with Crippen LogP contribution in [-0.2, 0) is 6.54 Å². The lowest BCUT2D eigenvalue weighted by molar-refractivity contribution is 0.184. The highest BCUT2D eigenvalue weighted by Gasteiger charge is 2.27. The van der Waals surface area contributed by atoms with Crippen molar-refractivity contribution in [1.82, 2.24) is 24.6 Å². The summed E-state index contributed by atoms with van der Waals surface area (Å²) in [6.45, 7) is 0.871. The summed E-state index contributed by atoms with van der Waals surface area (Å²) in [4.78, 5) is 24.3. The van der Waals surface area contributed by atoms with Crippen LogP contribution < -0.4 is 10.1 Å². The number of urea groups is 1. The molecule has 1 aliphatic carbocycles. The molecular formula is C28H27Cl3N6O2. The molecule has 2 aromatic heterocycles. The average molecular weight is 586 g/mol. The van der Waals surface area contributed by atoms with Crippen LogP contribution in [-0.4, -0.2) is 50.4 Å². The van der Waals surface area contributed by atoms with Gasteiger partial charge < -0.3 is 15.0 Å². The number of rotatable bonds is 8. The molecule has 39 heavy (non-hydrogen) atoms. The molecule has 1 saturated carbocycles. The maximum atomic E-state index is 13.5. The van der Waals surface area contributed by atoms with E-state index in [0.717, 1.165) is 36.8 Å². The Morgan fingerprint density at radius 2 is 1.77 bits per heavy atom. The third-order valence-corrected chi connectivity index (χ3v) is 7.80. The Kier molecular flexibility index (Phi) is 8.55. The Morgan fingerprint density at radius 3 is 2.46 bits per heavy atom. The summed E-state index contributed by atoms with van der Waals surface area (Å²) in [6.07, 6.45) is 7.49. The smallest absolute Gasteiger partial charge is 0.322 e. The third kappa shape index (κ3) is 6.30. The van der Waals surface area contributed by atoms with Crippen LogP contribution in [0, 0.1) is 0 Å². The first-order valence-corrected chi connectivity index (χ1v) is 13.8. The number of benzene rings is 2. The minimum atomic E-state index is -0.191. The number of aromatic nitrogens is 4. The zero-order valence-corrected chi connectivity index (χ0v) is 23.5. The van der Waals surface area contributed by atoms with E-state index in [-0.39, 0.29) is 12.1 Å². The van der Waals surface area contributed by atoms with E-state index in [1.165, 1.54) is 0 Å². The summed E-state index contributed by atoms with van der Waals surface area (Å²) >= 11 is 18.7. The van der Waals surface area contributed by atoms with E-state index < -0.39 is 0 Å². The van der Waals surface area contributed by atoms with Crippen LogP contribution in [0.3, 0.4) is 0 Å². The quantitative estimate of drug-likeness (QED) is 0.232. The molecule has 1 aliphatic rings. The standard InChI is InChI=1S/C28H27Cl3N6O2/c1-39-25-9-6-19(16-24(25)31)27-34-26(18-10-12-32-13-11-18)35-37(27)15-14-36(21-4-2-3-5-21)28(38)33-20-7-8-22(29)23(30)17-20/h6-13,16-17,21H,2-5,14-15H2,1H3,(H,33,38). The average Bonchev–Trinajstić information content (AvgIpc) is 3.62. The van der Waals surface area contributed by atoms with Gasteiger partial charge in [-0.15, -0.1) is 0 Å². The van der Waals surface area contributed by atoms with Crippen LogP contribution in [0.25, 0.3) is 22.8 Å². The molecular weight excluding hydrogens is 559 g/mol. The van der Waals surface area contributed by atoms with Gasteiger partial charge in [-0.05, 0) is 61.4 Å². The van der Waals surface area contributed by atoms with Crippen molar-refractivity contribution >= 4 is 46.5 Å². The number of carbonyl (C=O) groups is 1. The van der Waals surface area contributed by atoms with Gasteiger partial charge in [0.15, 0.2) is 11.6 Å². The minimum absolute atomic E-state index is 0.134. The van der Waals surface area contributed by atoms with E-state index >= 15 is 0 Å². The van der Waals surface area contributed by atoms with E-state index in [1.807, 2.05) is 33.8 Å². The number of nitrogens with zero attached hydrogens (tertiary/aromatic N) is 5. The lowest BCUT2D eigenvalue weighted by atomic mass is 10.2. The Bertz CT molecular complexity index is 1460. The van der Waals surface area contributed by atoms with Gasteiger partial charge in [0.1, 0.15) is 5.75 Å². The fraction of sp³-hybridized carbons (Fsp3) is 0.286. The molecule has 202 valence electrons. The highest BCUT2D eigenvalue weighted by molar-refractivity contribution is 6.42. The van der Waals surface area contributed by atoms with Gasteiger partial charge >= 0.3 is 6.03 Å². The zero-order chi connectivity index (χ0) is 27.4. The number of halogens is 3. The molecule has 0 atom stereocenters. The first-order valence-electron chi connectivity index (χ1n) is 12.6. The minimum Gasteiger partial charge on any atom is -0.495 e. The van der Waals surface area contributed by atoms with E-state index in [9.17, 15) is 4.79 Å². The van der Waals surface area contributed by atoms with Crippen LogP contribution in [0.4, 0.5) is 10.5 Å². The van der Waals surface area contributed by atoms with Crippen molar-refractivity contribution in [3.63, 3.8) is 0 Å². The second kappa shape index (κ2) is 12.2. The van der Waals surface area contributed by atoms with Crippen molar-refractivity contribution in [3.05, 3.63) is 76.0 Å². The maximum absolute atomic E-state index is 13.5. The molecule has 0 aliphatic heterocycles. The number of hydrogen-bond acceptors (Lipinski definition) is 5. The second-order valence-corrected chi connectivity index (χ2v) is 10.5. The fourth-order valence-corrected chi connectivity index (χ4v) is 5.33. The van der Waals surface area contributed by atoms with Gasteiger partial charge in [-0.2, -0.15) is 5.10 Å². The Morgan fingerprint density at radius 1 is 1.00 bits per heavy atom. The zero-order valence-electron chi connectivity index (χ0n) is 21.3. The van der Waals surface area contributed by atoms with Crippen LogP contribution in [0.1, 0.15) is 25.7 Å². The van der Waals surface area contributed by atoms with Gasteiger partial charge in [0.2, 0.25) is 0 Å². The van der Waals surface area contributed by atoms with Gasteiger partial charge in [-0.3, -0.25) is 4.98 Å². The van der Waals surface area contributed by atoms with Crippen molar-refractivity contribution in [2.75, 3.05) is 19.0 Å². The highest BCUT2D eigenvalue weighted by atomic mass is 35.5. The van der Waals surface area contributed by atoms with Crippen molar-refractivity contribution in [3.8, 4) is 28.5 Å². The van der Waals surface area contributed by atoms with Crippen molar-refractivity contribution < 1.29 is 9.53 Å². The van der Waals surface area contributed by atoms with E-state index in [1.54, 1.807) is 43.8 Å². The predicted octanol–water partition coefficient (Wildman–Crippen LogP) is 7.45. The summed E-state index contributed by atoms with van der Waals surface area (Å²) in [5, 5.41) is 9.08. The molecule has 5 rings (SSSR count). The van der Waals surface area contributed by atoms with E-state index in [0.29, 0.717) is 51.2 Å². The van der Waals surface area contributed by atoms with Crippen molar-refractivity contribution in [2.24, 2.45) is 0 Å². The Hall–Kier alpha value is -3.33. The molecule has 0 bridgehead atoms. The van der Waals surface area contributed by atoms with Gasteiger partial charge in [0.05, 0.1) is 28.7 Å². The fourth-order valence-electron chi connectivity index (χ4n) is 4.78. The molecule has 4 aromatic rings. The summed E-state index contributed by atoms with van der Waals surface area (Å²) < 4.78 is 7.14. The van der Waals surface area contributed by atoms with Gasteiger partial charge in [-0.25, -0.2) is 14.5 Å². The van der Waals surface area contributed by atoms with Gasteiger partial charge in [-0.1, -0.05) is 47.6 Å². The first kappa shape index (κ1) is 27.2. The number of nitrogens with one attached hydrogen (secondary N) is 1. The lowest BCUT2D eigenvalue weighted by Crippen LogP contribution is -2.43. The van der Waals surface area contributed by atoms with Crippen LogP contribution in [0.15, 0.2) is 60.9 Å². The first-order chi connectivity index (χ1) is 18.9. The largest absolute Gasteiger partial charge is 0.495 e. The van der Waals surface area contributed by atoms with Crippen LogP contribution in [0.5, 0.6) is 5.75 Å². The molecule has 2 heterocycles. The lowest BCUT2D eigenvalue weighted by Gasteiger charge is -2.29. The Balaban J connectivity index is 1.43. The normalized spacial score (nSPS) is 13.4. The summed E-state index contributed by atoms with van der Waals surface area (Å²) in [6, 6.07) is 14.2. The Labute approximate surface area is 241 Å². The molecule has 0 spiro atoms. The number of hydrogen-bond donors (Lipinski definition) is 1. The number of anilines is 1. The van der Waals surface area contributed by atoms with E-state index in [4.69, 9.17) is 49.6 Å². The van der Waals surface area contributed by atoms with Crippen LogP contribution >= 0.6 is 34.8 Å². The van der Waals surface area contributed by atoms with E-state index in [2.05, 4.69) is 10.3 Å². The highest BCUT2D eigenvalue weighted by Crippen LogP contribution is 2.31. The summed E-state index contributed by atoms with van der Waals surface area (Å²) in [7, 11) is 1.57. The van der Waals surface area contributed by atoms with Gasteiger partial charge in [0, 0.05) is 41.8 Å². The monoisotopic (exact) mass is 584 g/mol. The predicted molar refractivity (Wildman–Crippen MR) is 155 cm³/mol. The molecule has 1 fully saturated rings. The molecule has 11 heteroatoms. The molecule has 0 radical (unpaired) electrons. The number of pyridine rings is 1. The third-order valence-electron chi connectivity index (χ3n) is 6.77. The van der Waals surface area contributed by atoms with Crippen LogP contribution in [0.2, 0.25) is 15.1 Å². The number of carbonyl (C=O) groups excluding carboxylic acids is 1. The second-order valence-electron chi connectivity index (χ2n) is 9.26. The van der Waals surface area contributed by atoms with Crippen molar-refractivity contribution in [2.45, 2.75) is 38.3 Å². The van der Waals surface area contributed by atoms with Gasteiger partial charge in [0.25, 0.3) is 0 Å².